The quantitative estimate of drug-likeness (QED) is 0.820. The summed E-state index contributed by atoms with van der Waals surface area (Å²) in [5.41, 5.74) is 8.03. The summed E-state index contributed by atoms with van der Waals surface area (Å²) in [6, 6.07) is 14.0. The van der Waals surface area contributed by atoms with E-state index in [9.17, 15) is 9.59 Å². The van der Waals surface area contributed by atoms with E-state index in [0.717, 1.165) is 31.5 Å². The SMILES string of the molecule is CC(C(=O)Nc1ccc(Cl)cc1C(=O)N1CCCC1)C(N)c1ccccc1. The Labute approximate surface area is 164 Å². The van der Waals surface area contributed by atoms with E-state index >= 15 is 0 Å². The van der Waals surface area contributed by atoms with Gasteiger partial charge in [0.05, 0.1) is 17.2 Å². The van der Waals surface area contributed by atoms with Gasteiger partial charge in [-0.25, -0.2) is 0 Å². The number of benzene rings is 2. The molecule has 0 bridgehead atoms. The molecule has 1 aliphatic heterocycles. The number of halogens is 1. The largest absolute Gasteiger partial charge is 0.339 e. The molecule has 3 N–H and O–H groups in total. The highest BCUT2D eigenvalue weighted by Gasteiger charge is 2.26. The predicted molar refractivity (Wildman–Crippen MR) is 108 cm³/mol. The molecule has 0 saturated carbocycles. The van der Waals surface area contributed by atoms with Crippen LogP contribution in [0, 0.1) is 5.92 Å². The number of likely N-dealkylation sites (tertiary alicyclic amines) is 1. The first kappa shape index (κ1) is 19.4. The van der Waals surface area contributed by atoms with Gasteiger partial charge in [-0.05, 0) is 36.6 Å². The molecule has 1 aliphatic rings. The number of carbonyl (C=O) groups excluding carboxylic acids is 2. The van der Waals surface area contributed by atoms with Crippen LogP contribution in [0.25, 0.3) is 0 Å². The maximum absolute atomic E-state index is 12.8. The summed E-state index contributed by atoms with van der Waals surface area (Å²) in [5.74, 6) is -0.799. The minimum absolute atomic E-state index is 0.106. The second-order valence-electron chi connectivity index (χ2n) is 6.90. The number of amides is 2. The molecule has 1 fully saturated rings. The van der Waals surface area contributed by atoms with Crippen LogP contribution in [-0.2, 0) is 4.79 Å². The van der Waals surface area contributed by atoms with E-state index in [1.54, 1.807) is 30.0 Å². The van der Waals surface area contributed by atoms with Crippen molar-refractivity contribution < 1.29 is 9.59 Å². The highest BCUT2D eigenvalue weighted by molar-refractivity contribution is 6.31. The van der Waals surface area contributed by atoms with Crippen molar-refractivity contribution in [1.29, 1.82) is 0 Å². The van der Waals surface area contributed by atoms with Crippen LogP contribution in [0.5, 0.6) is 0 Å². The Balaban J connectivity index is 1.78. The summed E-state index contributed by atoms with van der Waals surface area (Å²) in [6.07, 6.45) is 1.99. The Morgan fingerprint density at radius 2 is 1.78 bits per heavy atom. The lowest BCUT2D eigenvalue weighted by Gasteiger charge is -2.22. The van der Waals surface area contributed by atoms with Crippen molar-refractivity contribution in [2.45, 2.75) is 25.8 Å². The van der Waals surface area contributed by atoms with Crippen LogP contribution < -0.4 is 11.1 Å². The van der Waals surface area contributed by atoms with Crippen molar-refractivity contribution in [2.75, 3.05) is 18.4 Å². The smallest absolute Gasteiger partial charge is 0.256 e. The third-order valence-corrected chi connectivity index (χ3v) is 5.23. The van der Waals surface area contributed by atoms with Gasteiger partial charge in [-0.3, -0.25) is 9.59 Å². The minimum Gasteiger partial charge on any atom is -0.339 e. The fourth-order valence-electron chi connectivity index (χ4n) is 3.27. The van der Waals surface area contributed by atoms with Crippen molar-refractivity contribution in [2.24, 2.45) is 11.7 Å². The van der Waals surface area contributed by atoms with Crippen molar-refractivity contribution >= 4 is 29.1 Å². The standard InChI is InChI=1S/C21H24ClN3O2/c1-14(19(23)15-7-3-2-4-8-15)20(26)24-18-10-9-16(22)13-17(18)21(27)25-11-5-6-12-25/h2-4,7-10,13-14,19H,5-6,11-12,23H2,1H3,(H,24,26). The zero-order valence-electron chi connectivity index (χ0n) is 15.3. The fraction of sp³-hybridized carbons (Fsp3) is 0.333. The van der Waals surface area contributed by atoms with Gasteiger partial charge in [0.15, 0.2) is 0 Å². The predicted octanol–water partition coefficient (Wildman–Crippen LogP) is 3.85. The number of rotatable bonds is 5. The van der Waals surface area contributed by atoms with E-state index in [4.69, 9.17) is 17.3 Å². The van der Waals surface area contributed by atoms with Gasteiger partial charge in [-0.1, -0.05) is 48.9 Å². The monoisotopic (exact) mass is 385 g/mol. The molecule has 0 aliphatic carbocycles. The minimum atomic E-state index is -0.460. The molecule has 6 heteroatoms. The molecule has 1 heterocycles. The molecule has 0 spiro atoms. The van der Waals surface area contributed by atoms with Gasteiger partial charge < -0.3 is 16.0 Å². The van der Waals surface area contributed by atoms with Gasteiger partial charge in [0.1, 0.15) is 0 Å². The third kappa shape index (κ3) is 4.49. The molecular formula is C21H24ClN3O2. The topological polar surface area (TPSA) is 75.4 Å². The number of nitrogens with zero attached hydrogens (tertiary/aromatic N) is 1. The van der Waals surface area contributed by atoms with Crippen LogP contribution in [0.4, 0.5) is 5.69 Å². The Morgan fingerprint density at radius 1 is 1.11 bits per heavy atom. The summed E-state index contributed by atoms with van der Waals surface area (Å²) in [5, 5.41) is 3.33. The molecule has 5 nitrogen and oxygen atoms in total. The average molecular weight is 386 g/mol. The lowest BCUT2D eigenvalue weighted by Crippen LogP contribution is -2.32. The van der Waals surface area contributed by atoms with Gasteiger partial charge in [-0.15, -0.1) is 0 Å². The van der Waals surface area contributed by atoms with E-state index in [-0.39, 0.29) is 11.8 Å². The van der Waals surface area contributed by atoms with Crippen LogP contribution in [0.15, 0.2) is 48.5 Å². The Morgan fingerprint density at radius 3 is 2.44 bits per heavy atom. The van der Waals surface area contributed by atoms with Crippen LogP contribution >= 0.6 is 11.6 Å². The van der Waals surface area contributed by atoms with Crippen LogP contribution in [0.2, 0.25) is 5.02 Å². The Kier molecular flexibility index (Phi) is 6.14. The molecule has 0 aromatic heterocycles. The van der Waals surface area contributed by atoms with Crippen molar-refractivity contribution in [3.63, 3.8) is 0 Å². The van der Waals surface area contributed by atoms with Crippen LogP contribution in [-0.4, -0.2) is 29.8 Å². The average Bonchev–Trinajstić information content (AvgIpc) is 3.23. The van der Waals surface area contributed by atoms with Crippen molar-refractivity contribution in [3.05, 3.63) is 64.7 Å². The van der Waals surface area contributed by atoms with Crippen LogP contribution in [0.1, 0.15) is 41.7 Å². The number of nitrogens with one attached hydrogen (secondary N) is 1. The first-order chi connectivity index (χ1) is 13.0. The summed E-state index contributed by atoms with van der Waals surface area (Å²) in [6.45, 7) is 3.24. The van der Waals surface area contributed by atoms with Gasteiger partial charge in [0.2, 0.25) is 5.91 Å². The lowest BCUT2D eigenvalue weighted by atomic mass is 9.94. The maximum Gasteiger partial charge on any atom is 0.256 e. The first-order valence-electron chi connectivity index (χ1n) is 9.17. The molecule has 142 valence electrons. The first-order valence-corrected chi connectivity index (χ1v) is 9.55. The number of hydrogen-bond donors (Lipinski definition) is 2. The molecule has 3 rings (SSSR count). The fourth-order valence-corrected chi connectivity index (χ4v) is 3.44. The molecule has 1 saturated heterocycles. The zero-order chi connectivity index (χ0) is 19.4. The molecular weight excluding hydrogens is 362 g/mol. The molecule has 2 atom stereocenters. The molecule has 0 radical (unpaired) electrons. The number of anilines is 1. The zero-order valence-corrected chi connectivity index (χ0v) is 16.1. The van der Waals surface area contributed by atoms with E-state index in [0.29, 0.717) is 16.3 Å². The summed E-state index contributed by atoms with van der Waals surface area (Å²) < 4.78 is 0. The number of nitrogens with two attached hydrogens (primary N) is 1. The molecule has 2 amide bonds. The maximum atomic E-state index is 12.8. The van der Waals surface area contributed by atoms with E-state index in [1.807, 2.05) is 30.3 Å². The summed E-state index contributed by atoms with van der Waals surface area (Å²) in [4.78, 5) is 27.4. The highest BCUT2D eigenvalue weighted by atomic mass is 35.5. The highest BCUT2D eigenvalue weighted by Crippen LogP contribution is 2.26. The van der Waals surface area contributed by atoms with Gasteiger partial charge in [0.25, 0.3) is 5.91 Å². The number of hydrogen-bond acceptors (Lipinski definition) is 3. The normalized spacial score (nSPS) is 16.0. The molecule has 2 unspecified atom stereocenters. The van der Waals surface area contributed by atoms with Gasteiger partial charge >= 0.3 is 0 Å². The van der Waals surface area contributed by atoms with Gasteiger partial charge in [0, 0.05) is 24.2 Å². The van der Waals surface area contributed by atoms with Crippen molar-refractivity contribution in [3.8, 4) is 0 Å². The molecule has 2 aromatic rings. The third-order valence-electron chi connectivity index (χ3n) is 5.00. The Hall–Kier alpha value is -2.37. The second kappa shape index (κ2) is 8.55. The van der Waals surface area contributed by atoms with E-state index in [2.05, 4.69) is 5.32 Å². The van der Waals surface area contributed by atoms with Gasteiger partial charge in [-0.2, -0.15) is 0 Å². The summed E-state index contributed by atoms with van der Waals surface area (Å²) in [7, 11) is 0. The summed E-state index contributed by atoms with van der Waals surface area (Å²) >= 11 is 6.09. The Bertz CT molecular complexity index is 819. The lowest BCUT2D eigenvalue weighted by molar-refractivity contribution is -0.120. The van der Waals surface area contributed by atoms with Crippen LogP contribution in [0.3, 0.4) is 0 Å². The molecule has 2 aromatic carbocycles. The van der Waals surface area contributed by atoms with Crippen molar-refractivity contribution in [1.82, 2.24) is 4.90 Å². The van der Waals surface area contributed by atoms with E-state index in [1.165, 1.54) is 0 Å². The van der Waals surface area contributed by atoms with E-state index < -0.39 is 12.0 Å². The molecule has 27 heavy (non-hydrogen) atoms. The number of carbonyl (C=O) groups is 2. The second-order valence-corrected chi connectivity index (χ2v) is 7.34.